The molecule has 1 aromatic carbocycles. The molecule has 2 N–H and O–H groups in total. The number of amides is 1. The van der Waals surface area contributed by atoms with Crippen LogP contribution in [-0.2, 0) is 24.2 Å². The van der Waals surface area contributed by atoms with Crippen molar-refractivity contribution in [1.82, 2.24) is 4.90 Å². The molecule has 20 heavy (non-hydrogen) atoms. The lowest BCUT2D eigenvalue weighted by Gasteiger charge is -2.29. The standard InChI is InChI=1S/C15H22N2O3/c1-3-19-14-8-13-10-17(15(18)20-4-2)6-5-11(13)7-12(14)9-16/h7-8H,3-6,9-10,16H2,1-2H3. The molecule has 0 aromatic heterocycles. The molecule has 1 heterocycles. The largest absolute Gasteiger partial charge is 0.494 e. The van der Waals surface area contributed by atoms with Crippen molar-refractivity contribution in [2.24, 2.45) is 5.73 Å². The molecule has 0 saturated carbocycles. The van der Waals surface area contributed by atoms with Crippen LogP contribution in [0.1, 0.15) is 30.5 Å². The van der Waals surface area contributed by atoms with Crippen LogP contribution >= 0.6 is 0 Å². The number of nitrogens with zero attached hydrogens (tertiary/aromatic N) is 1. The Morgan fingerprint density at radius 3 is 2.75 bits per heavy atom. The maximum absolute atomic E-state index is 11.8. The number of rotatable bonds is 4. The number of benzene rings is 1. The van der Waals surface area contributed by atoms with Gasteiger partial charge in [-0.2, -0.15) is 0 Å². The number of hydrogen-bond donors (Lipinski definition) is 1. The molecule has 1 amide bonds. The Bertz CT molecular complexity index is 488. The number of carbonyl (C=O) groups excluding carboxylic acids is 1. The summed E-state index contributed by atoms with van der Waals surface area (Å²) in [5, 5.41) is 0. The normalized spacial score (nSPS) is 13.8. The highest BCUT2D eigenvalue weighted by Crippen LogP contribution is 2.28. The number of carbonyl (C=O) groups is 1. The van der Waals surface area contributed by atoms with Crippen molar-refractivity contribution in [3.05, 3.63) is 28.8 Å². The summed E-state index contributed by atoms with van der Waals surface area (Å²) in [6.07, 6.45) is 0.576. The Hall–Kier alpha value is -1.75. The third-order valence-electron chi connectivity index (χ3n) is 3.44. The predicted octanol–water partition coefficient (Wildman–Crippen LogP) is 2.06. The van der Waals surface area contributed by atoms with Gasteiger partial charge in [-0.05, 0) is 37.5 Å². The van der Waals surface area contributed by atoms with Gasteiger partial charge in [0.1, 0.15) is 5.75 Å². The maximum Gasteiger partial charge on any atom is 0.410 e. The lowest BCUT2D eigenvalue weighted by molar-refractivity contribution is 0.102. The number of ether oxygens (including phenoxy) is 2. The van der Waals surface area contributed by atoms with E-state index in [9.17, 15) is 4.79 Å². The number of hydrogen-bond acceptors (Lipinski definition) is 4. The van der Waals surface area contributed by atoms with Gasteiger partial charge in [0.25, 0.3) is 0 Å². The van der Waals surface area contributed by atoms with Crippen LogP contribution in [0.15, 0.2) is 12.1 Å². The van der Waals surface area contributed by atoms with Crippen LogP contribution in [-0.4, -0.2) is 30.8 Å². The molecule has 0 saturated heterocycles. The third kappa shape index (κ3) is 3.04. The SMILES string of the molecule is CCOC(=O)N1CCc2cc(CN)c(OCC)cc2C1. The zero-order valence-corrected chi connectivity index (χ0v) is 12.1. The fraction of sp³-hybridized carbons (Fsp3) is 0.533. The van der Waals surface area contributed by atoms with Gasteiger partial charge in [0.15, 0.2) is 0 Å². The summed E-state index contributed by atoms with van der Waals surface area (Å²) in [6, 6.07) is 4.11. The Balaban J connectivity index is 2.22. The summed E-state index contributed by atoms with van der Waals surface area (Å²) < 4.78 is 10.7. The quantitative estimate of drug-likeness (QED) is 0.915. The van der Waals surface area contributed by atoms with E-state index in [2.05, 4.69) is 6.07 Å². The summed E-state index contributed by atoms with van der Waals surface area (Å²) in [4.78, 5) is 13.5. The van der Waals surface area contributed by atoms with E-state index in [4.69, 9.17) is 15.2 Å². The molecule has 0 spiro atoms. The van der Waals surface area contributed by atoms with E-state index >= 15 is 0 Å². The molecule has 5 nitrogen and oxygen atoms in total. The van der Waals surface area contributed by atoms with Crippen molar-refractivity contribution in [2.75, 3.05) is 19.8 Å². The van der Waals surface area contributed by atoms with Crippen LogP contribution in [0.4, 0.5) is 4.79 Å². The van der Waals surface area contributed by atoms with Gasteiger partial charge < -0.3 is 20.1 Å². The van der Waals surface area contributed by atoms with Crippen molar-refractivity contribution < 1.29 is 14.3 Å². The smallest absolute Gasteiger partial charge is 0.410 e. The van der Waals surface area contributed by atoms with E-state index in [0.29, 0.717) is 32.8 Å². The molecular weight excluding hydrogens is 256 g/mol. The second-order valence-electron chi connectivity index (χ2n) is 4.74. The van der Waals surface area contributed by atoms with Crippen LogP contribution in [0.2, 0.25) is 0 Å². The second kappa shape index (κ2) is 6.61. The summed E-state index contributed by atoms with van der Waals surface area (Å²) in [6.45, 7) is 6.49. The first kappa shape index (κ1) is 14.7. The van der Waals surface area contributed by atoms with Crippen molar-refractivity contribution in [1.29, 1.82) is 0 Å². The zero-order valence-electron chi connectivity index (χ0n) is 12.1. The topological polar surface area (TPSA) is 64.8 Å². The molecule has 0 bridgehead atoms. The van der Waals surface area contributed by atoms with Gasteiger partial charge in [-0.3, -0.25) is 0 Å². The van der Waals surface area contributed by atoms with E-state index in [1.54, 1.807) is 4.90 Å². The molecule has 2 rings (SSSR count). The molecule has 5 heteroatoms. The average molecular weight is 278 g/mol. The van der Waals surface area contributed by atoms with Gasteiger partial charge in [-0.15, -0.1) is 0 Å². The Morgan fingerprint density at radius 2 is 2.10 bits per heavy atom. The predicted molar refractivity (Wildman–Crippen MR) is 76.6 cm³/mol. The van der Waals surface area contributed by atoms with E-state index in [1.165, 1.54) is 5.56 Å². The van der Waals surface area contributed by atoms with Crippen molar-refractivity contribution in [2.45, 2.75) is 33.4 Å². The molecule has 0 atom stereocenters. The maximum atomic E-state index is 11.8. The van der Waals surface area contributed by atoms with E-state index < -0.39 is 0 Å². The van der Waals surface area contributed by atoms with E-state index in [-0.39, 0.29) is 6.09 Å². The summed E-state index contributed by atoms with van der Waals surface area (Å²) >= 11 is 0. The Kier molecular flexibility index (Phi) is 4.84. The minimum atomic E-state index is -0.251. The molecular formula is C15H22N2O3. The second-order valence-corrected chi connectivity index (χ2v) is 4.74. The number of fused-ring (bicyclic) bond motifs is 1. The lowest BCUT2D eigenvalue weighted by atomic mass is 9.96. The Morgan fingerprint density at radius 1 is 1.30 bits per heavy atom. The molecule has 110 valence electrons. The van der Waals surface area contributed by atoms with E-state index in [0.717, 1.165) is 23.3 Å². The van der Waals surface area contributed by atoms with Crippen LogP contribution in [0.25, 0.3) is 0 Å². The van der Waals surface area contributed by atoms with Crippen LogP contribution < -0.4 is 10.5 Å². The fourth-order valence-corrected chi connectivity index (χ4v) is 2.46. The van der Waals surface area contributed by atoms with Crippen molar-refractivity contribution in [3.63, 3.8) is 0 Å². The summed E-state index contributed by atoms with van der Waals surface area (Å²) in [5.74, 6) is 0.819. The monoisotopic (exact) mass is 278 g/mol. The summed E-state index contributed by atoms with van der Waals surface area (Å²) in [5.41, 5.74) is 9.15. The van der Waals surface area contributed by atoms with Crippen LogP contribution in [0.3, 0.4) is 0 Å². The van der Waals surface area contributed by atoms with E-state index in [1.807, 2.05) is 19.9 Å². The molecule has 0 aliphatic carbocycles. The van der Waals surface area contributed by atoms with Crippen LogP contribution in [0, 0.1) is 0 Å². The van der Waals surface area contributed by atoms with Gasteiger partial charge >= 0.3 is 6.09 Å². The van der Waals surface area contributed by atoms with Gasteiger partial charge in [-0.25, -0.2) is 4.79 Å². The highest BCUT2D eigenvalue weighted by molar-refractivity contribution is 5.68. The Labute approximate surface area is 119 Å². The molecule has 0 unspecified atom stereocenters. The van der Waals surface area contributed by atoms with Gasteiger partial charge in [0, 0.05) is 25.2 Å². The first-order valence-corrected chi connectivity index (χ1v) is 7.08. The molecule has 1 aliphatic rings. The third-order valence-corrected chi connectivity index (χ3v) is 3.44. The van der Waals surface area contributed by atoms with Gasteiger partial charge in [-0.1, -0.05) is 6.07 Å². The molecule has 0 radical (unpaired) electrons. The molecule has 1 aromatic rings. The summed E-state index contributed by atoms with van der Waals surface area (Å²) in [7, 11) is 0. The number of nitrogens with two attached hydrogens (primary N) is 1. The minimum Gasteiger partial charge on any atom is -0.494 e. The average Bonchev–Trinajstić information content (AvgIpc) is 2.46. The zero-order chi connectivity index (χ0) is 14.5. The van der Waals surface area contributed by atoms with Crippen molar-refractivity contribution in [3.8, 4) is 5.75 Å². The molecule has 0 fully saturated rings. The molecule has 1 aliphatic heterocycles. The lowest BCUT2D eigenvalue weighted by Crippen LogP contribution is -2.36. The van der Waals surface area contributed by atoms with Gasteiger partial charge in [0.2, 0.25) is 0 Å². The van der Waals surface area contributed by atoms with Crippen LogP contribution in [0.5, 0.6) is 5.75 Å². The van der Waals surface area contributed by atoms with Gasteiger partial charge in [0.05, 0.1) is 13.2 Å². The van der Waals surface area contributed by atoms with Crippen molar-refractivity contribution >= 4 is 6.09 Å². The first-order chi connectivity index (χ1) is 9.69. The minimum absolute atomic E-state index is 0.251. The highest BCUT2D eigenvalue weighted by atomic mass is 16.6. The highest BCUT2D eigenvalue weighted by Gasteiger charge is 2.23. The first-order valence-electron chi connectivity index (χ1n) is 7.08. The fourth-order valence-electron chi connectivity index (χ4n) is 2.46.